The minimum Gasteiger partial charge on any atom is -0.399 e. The Kier molecular flexibility index (Phi) is 3.34. The van der Waals surface area contributed by atoms with Crippen LogP contribution >= 0.6 is 0 Å². The van der Waals surface area contributed by atoms with Gasteiger partial charge in [-0.2, -0.15) is 0 Å². The fourth-order valence-electron chi connectivity index (χ4n) is 3.04. The molecule has 5 heteroatoms. The van der Waals surface area contributed by atoms with E-state index in [4.69, 9.17) is 10.7 Å². The average Bonchev–Trinajstić information content (AvgIpc) is 2.44. The van der Waals surface area contributed by atoms with Gasteiger partial charge in [-0.1, -0.05) is 31.4 Å². The summed E-state index contributed by atoms with van der Waals surface area (Å²) in [6, 6.07) is 7.76. The molecule has 2 aliphatic rings. The van der Waals surface area contributed by atoms with Gasteiger partial charge in [-0.05, 0) is 30.5 Å². The molecule has 1 fully saturated rings. The van der Waals surface area contributed by atoms with E-state index in [2.05, 4.69) is 10.9 Å². The molecule has 1 aliphatic heterocycles. The molecule has 1 aromatic rings. The van der Waals surface area contributed by atoms with E-state index in [1.807, 2.05) is 24.3 Å². The van der Waals surface area contributed by atoms with E-state index < -0.39 is 5.54 Å². The van der Waals surface area contributed by atoms with Crippen LogP contribution in [0.2, 0.25) is 0 Å². The molecule has 1 aromatic carbocycles. The first-order valence-electron chi connectivity index (χ1n) is 7.18. The maximum atomic E-state index is 12.1. The second kappa shape index (κ2) is 5.15. The number of nitrogens with one attached hydrogen (secondary N) is 2. The molecule has 1 saturated carbocycles. The van der Waals surface area contributed by atoms with Crippen molar-refractivity contribution in [3.8, 4) is 0 Å². The number of amides is 1. The molecule has 4 N–H and O–H groups in total. The average molecular weight is 272 g/mol. The maximum absolute atomic E-state index is 12.1. The van der Waals surface area contributed by atoms with Crippen LogP contribution in [0, 0.1) is 0 Å². The number of amidine groups is 1. The van der Waals surface area contributed by atoms with Gasteiger partial charge in [0.15, 0.2) is 0 Å². The van der Waals surface area contributed by atoms with E-state index in [1.54, 1.807) is 0 Å². The molecule has 0 bridgehead atoms. The van der Waals surface area contributed by atoms with Gasteiger partial charge in [-0.15, -0.1) is 0 Å². The van der Waals surface area contributed by atoms with E-state index in [9.17, 15) is 4.79 Å². The van der Waals surface area contributed by atoms with E-state index in [0.717, 1.165) is 42.8 Å². The van der Waals surface area contributed by atoms with E-state index in [-0.39, 0.29) is 5.91 Å². The van der Waals surface area contributed by atoms with Crippen LogP contribution in [0.4, 0.5) is 5.69 Å². The van der Waals surface area contributed by atoms with Gasteiger partial charge >= 0.3 is 0 Å². The third kappa shape index (κ3) is 2.48. The first-order chi connectivity index (χ1) is 9.68. The number of hydrogen-bond acceptors (Lipinski definition) is 4. The highest BCUT2D eigenvalue weighted by atomic mass is 16.2. The number of hydrogen-bond donors (Lipinski definition) is 3. The number of rotatable bonds is 2. The van der Waals surface area contributed by atoms with Gasteiger partial charge in [0.2, 0.25) is 0 Å². The van der Waals surface area contributed by atoms with Gasteiger partial charge in [0, 0.05) is 12.1 Å². The Hall–Kier alpha value is -2.04. The summed E-state index contributed by atoms with van der Waals surface area (Å²) in [7, 11) is 0. The van der Waals surface area contributed by atoms with Crippen molar-refractivity contribution in [1.29, 1.82) is 0 Å². The van der Waals surface area contributed by atoms with Crippen LogP contribution in [0.3, 0.4) is 0 Å². The van der Waals surface area contributed by atoms with Crippen molar-refractivity contribution < 1.29 is 4.79 Å². The third-order valence-corrected chi connectivity index (χ3v) is 4.10. The highest BCUT2D eigenvalue weighted by Crippen LogP contribution is 2.33. The second-order valence-corrected chi connectivity index (χ2v) is 5.65. The number of hydrazine groups is 1. The van der Waals surface area contributed by atoms with Crippen LogP contribution in [-0.4, -0.2) is 17.3 Å². The molecule has 1 spiro atoms. The fraction of sp³-hybridized carbons (Fsp3) is 0.467. The van der Waals surface area contributed by atoms with Crippen molar-refractivity contribution in [3.63, 3.8) is 0 Å². The molecular formula is C15H20N4O. The fourth-order valence-corrected chi connectivity index (χ4v) is 3.04. The van der Waals surface area contributed by atoms with Gasteiger partial charge in [-0.3, -0.25) is 20.6 Å². The van der Waals surface area contributed by atoms with Gasteiger partial charge in [-0.25, -0.2) is 0 Å². The topological polar surface area (TPSA) is 79.5 Å². The molecule has 0 unspecified atom stereocenters. The summed E-state index contributed by atoms with van der Waals surface area (Å²) in [6.45, 7) is 0. The summed E-state index contributed by atoms with van der Waals surface area (Å²) in [6.07, 6.45) is 5.70. The van der Waals surface area contributed by atoms with Crippen molar-refractivity contribution in [2.24, 2.45) is 4.99 Å². The summed E-state index contributed by atoms with van der Waals surface area (Å²) in [5, 5.41) is 0. The van der Waals surface area contributed by atoms with Crippen LogP contribution < -0.4 is 16.6 Å². The Morgan fingerprint density at radius 1 is 1.20 bits per heavy atom. The summed E-state index contributed by atoms with van der Waals surface area (Å²) in [5.74, 6) is 0.825. The lowest BCUT2D eigenvalue weighted by Crippen LogP contribution is -2.58. The van der Waals surface area contributed by atoms with Gasteiger partial charge in [0.25, 0.3) is 5.91 Å². The zero-order valence-electron chi connectivity index (χ0n) is 11.5. The highest BCUT2D eigenvalue weighted by Gasteiger charge is 2.41. The molecule has 0 saturated heterocycles. The van der Waals surface area contributed by atoms with Gasteiger partial charge < -0.3 is 5.73 Å². The Labute approximate surface area is 118 Å². The predicted molar refractivity (Wildman–Crippen MR) is 79.1 cm³/mol. The smallest absolute Gasteiger partial charge is 0.266 e. The summed E-state index contributed by atoms with van der Waals surface area (Å²) >= 11 is 0. The quantitative estimate of drug-likeness (QED) is 0.715. The lowest BCUT2D eigenvalue weighted by Gasteiger charge is -2.36. The molecule has 3 rings (SSSR count). The third-order valence-electron chi connectivity index (χ3n) is 4.10. The molecule has 1 amide bonds. The molecule has 0 aromatic heterocycles. The Balaban J connectivity index is 1.82. The van der Waals surface area contributed by atoms with Crippen LogP contribution in [0.1, 0.15) is 37.7 Å². The maximum Gasteiger partial charge on any atom is 0.266 e. The largest absolute Gasteiger partial charge is 0.399 e. The number of benzene rings is 1. The number of nitrogen functional groups attached to an aromatic ring is 1. The number of anilines is 1. The van der Waals surface area contributed by atoms with E-state index >= 15 is 0 Å². The van der Waals surface area contributed by atoms with Crippen molar-refractivity contribution in [1.82, 2.24) is 10.9 Å². The number of aliphatic imine (C=N–C) groups is 1. The van der Waals surface area contributed by atoms with E-state index in [1.165, 1.54) is 6.42 Å². The van der Waals surface area contributed by atoms with Crippen LogP contribution in [0.15, 0.2) is 29.3 Å². The highest BCUT2D eigenvalue weighted by molar-refractivity contribution is 5.97. The molecule has 5 nitrogen and oxygen atoms in total. The SMILES string of the molecule is Nc1cccc(CC2=NC3(CCCCC3)C(=O)NN2)c1. The van der Waals surface area contributed by atoms with E-state index in [0.29, 0.717) is 6.42 Å². The molecular weight excluding hydrogens is 252 g/mol. The molecule has 20 heavy (non-hydrogen) atoms. The minimum absolute atomic E-state index is 0.00789. The minimum atomic E-state index is -0.543. The monoisotopic (exact) mass is 272 g/mol. The first kappa shape index (κ1) is 13.0. The van der Waals surface area contributed by atoms with Crippen molar-refractivity contribution in [2.45, 2.75) is 44.1 Å². The first-order valence-corrected chi connectivity index (χ1v) is 7.18. The zero-order chi connectivity index (χ0) is 14.0. The number of nitrogens with two attached hydrogens (primary N) is 1. The van der Waals surface area contributed by atoms with Crippen LogP contribution in [-0.2, 0) is 11.2 Å². The molecule has 0 atom stereocenters. The number of nitrogens with zero attached hydrogens (tertiary/aromatic N) is 1. The molecule has 1 heterocycles. The molecule has 0 radical (unpaired) electrons. The lowest BCUT2D eigenvalue weighted by molar-refractivity contribution is -0.128. The zero-order valence-corrected chi connectivity index (χ0v) is 11.5. The van der Waals surface area contributed by atoms with Crippen molar-refractivity contribution >= 4 is 17.4 Å². The Bertz CT molecular complexity index is 547. The summed E-state index contributed by atoms with van der Waals surface area (Å²) in [4.78, 5) is 16.9. The standard InChI is InChI=1S/C15H20N4O/c16-12-6-4-5-11(9-12)10-13-17-15(14(20)19-18-13)7-2-1-3-8-15/h4-6,9H,1-3,7-8,10,16H2,(H,17,18)(H,19,20). The second-order valence-electron chi connectivity index (χ2n) is 5.65. The number of carbonyl (C=O) groups is 1. The van der Waals surface area contributed by atoms with Crippen molar-refractivity contribution in [3.05, 3.63) is 29.8 Å². The summed E-state index contributed by atoms with van der Waals surface area (Å²) in [5.41, 5.74) is 12.8. The van der Waals surface area contributed by atoms with Crippen LogP contribution in [0.5, 0.6) is 0 Å². The Morgan fingerprint density at radius 3 is 2.75 bits per heavy atom. The van der Waals surface area contributed by atoms with Crippen molar-refractivity contribution in [2.75, 3.05) is 5.73 Å². The summed E-state index contributed by atoms with van der Waals surface area (Å²) < 4.78 is 0. The Morgan fingerprint density at radius 2 is 2.00 bits per heavy atom. The normalized spacial score (nSPS) is 21.0. The molecule has 106 valence electrons. The van der Waals surface area contributed by atoms with Crippen LogP contribution in [0.25, 0.3) is 0 Å². The molecule has 1 aliphatic carbocycles. The lowest BCUT2D eigenvalue weighted by atomic mass is 9.81. The predicted octanol–water partition coefficient (Wildman–Crippen LogP) is 1.55. The number of carbonyl (C=O) groups excluding carboxylic acids is 1. The van der Waals surface area contributed by atoms with Gasteiger partial charge in [0.05, 0.1) is 0 Å². The van der Waals surface area contributed by atoms with Gasteiger partial charge in [0.1, 0.15) is 11.4 Å².